The summed E-state index contributed by atoms with van der Waals surface area (Å²) in [4.78, 5) is 22.2. The summed E-state index contributed by atoms with van der Waals surface area (Å²) in [5.74, 6) is -2.71. The minimum atomic E-state index is -1.84. The van der Waals surface area contributed by atoms with E-state index in [1.165, 1.54) is 0 Å². The molecule has 0 radical (unpaired) electrons. The lowest BCUT2D eigenvalue weighted by Gasteiger charge is -2.33. The molecule has 2 aliphatic heterocycles. The number of carboxylic acids is 2. The van der Waals surface area contributed by atoms with E-state index in [1.807, 2.05) is 0 Å². The first-order valence-corrected chi connectivity index (χ1v) is 6.14. The summed E-state index contributed by atoms with van der Waals surface area (Å²) in [6, 6.07) is -1.41. The maximum Gasteiger partial charge on any atom is 0.336 e. The number of fused-ring (bicyclic) bond motifs is 1. The Balaban J connectivity index is 2.20. The van der Waals surface area contributed by atoms with Crippen LogP contribution in [0.2, 0.25) is 0 Å². The molecule has 0 saturated carbocycles. The number of hydrogen-bond acceptors (Lipinski definition) is 7. The van der Waals surface area contributed by atoms with Gasteiger partial charge in [-0.1, -0.05) is 0 Å². The first kappa shape index (κ1) is 15.1. The van der Waals surface area contributed by atoms with Gasteiger partial charge in [0.05, 0.1) is 12.7 Å². The zero-order chi connectivity index (χ0) is 15.1. The molecule has 9 nitrogen and oxygen atoms in total. The number of aliphatic hydroxyl groups is 2. The Labute approximate surface area is 113 Å². The molecule has 0 aromatic rings. The summed E-state index contributed by atoms with van der Waals surface area (Å²) < 4.78 is 10.6. The molecule has 2 rings (SSSR count). The van der Waals surface area contributed by atoms with Crippen molar-refractivity contribution >= 4 is 11.9 Å². The maximum absolute atomic E-state index is 11.4. The molecule has 20 heavy (non-hydrogen) atoms. The van der Waals surface area contributed by atoms with Crippen molar-refractivity contribution in [2.75, 3.05) is 6.61 Å². The van der Waals surface area contributed by atoms with Gasteiger partial charge in [-0.2, -0.15) is 0 Å². The molecule has 0 bridgehead atoms. The van der Waals surface area contributed by atoms with Crippen LogP contribution in [0.5, 0.6) is 0 Å². The number of ether oxygens (including phenoxy) is 2. The van der Waals surface area contributed by atoms with Crippen LogP contribution in [0.3, 0.4) is 0 Å². The number of carboxylic acid groups (broad SMARTS) is 2. The molecule has 6 atom stereocenters. The van der Waals surface area contributed by atoms with Gasteiger partial charge in [0, 0.05) is 12.8 Å². The van der Waals surface area contributed by atoms with Crippen molar-refractivity contribution in [3.05, 3.63) is 0 Å². The van der Waals surface area contributed by atoms with Gasteiger partial charge in [-0.25, -0.2) is 4.79 Å². The van der Waals surface area contributed by atoms with Gasteiger partial charge in [0.25, 0.3) is 0 Å². The third-order valence-electron chi connectivity index (χ3n) is 3.73. The van der Waals surface area contributed by atoms with Gasteiger partial charge in [-0.3, -0.25) is 4.79 Å². The summed E-state index contributed by atoms with van der Waals surface area (Å²) >= 11 is 0. The summed E-state index contributed by atoms with van der Waals surface area (Å²) in [7, 11) is 0. The highest BCUT2D eigenvalue weighted by Gasteiger charge is 2.57. The number of nitrogens with two attached hydrogens (primary N) is 1. The van der Waals surface area contributed by atoms with Crippen molar-refractivity contribution < 1.29 is 39.5 Å². The molecule has 2 unspecified atom stereocenters. The van der Waals surface area contributed by atoms with E-state index < -0.39 is 54.4 Å². The molecule has 0 spiro atoms. The van der Waals surface area contributed by atoms with Crippen molar-refractivity contribution in [1.82, 2.24) is 0 Å². The molecule has 0 aromatic carbocycles. The molecule has 0 aromatic heterocycles. The van der Waals surface area contributed by atoms with E-state index in [4.69, 9.17) is 20.3 Å². The van der Waals surface area contributed by atoms with Crippen LogP contribution in [0.1, 0.15) is 12.8 Å². The first-order chi connectivity index (χ1) is 9.27. The van der Waals surface area contributed by atoms with Crippen LogP contribution in [0.15, 0.2) is 0 Å². The standard InChI is InChI=1S/C11H17NO8/c12-4(9(15)16)1-11(10(17)18)2-6-8(20-11)7(14)5(13)3-19-6/h4-8,13-14H,1-3,12H2,(H,15,16)(H,17,18)/t4-,5+,6?,7+,8?,11-/m1/s1. The van der Waals surface area contributed by atoms with Crippen LogP contribution in [0.4, 0.5) is 0 Å². The van der Waals surface area contributed by atoms with Crippen LogP contribution in [-0.4, -0.2) is 75.0 Å². The van der Waals surface area contributed by atoms with E-state index in [0.29, 0.717) is 0 Å². The minimum absolute atomic E-state index is 0.127. The van der Waals surface area contributed by atoms with Crippen LogP contribution in [-0.2, 0) is 19.1 Å². The fourth-order valence-electron chi connectivity index (χ4n) is 2.61. The highest BCUT2D eigenvalue weighted by Crippen LogP contribution is 2.40. The van der Waals surface area contributed by atoms with Crippen LogP contribution >= 0.6 is 0 Å². The smallest absolute Gasteiger partial charge is 0.336 e. The predicted molar refractivity (Wildman–Crippen MR) is 61.8 cm³/mol. The summed E-state index contributed by atoms with van der Waals surface area (Å²) in [5, 5.41) is 37.4. The molecular formula is C11H17NO8. The third kappa shape index (κ3) is 2.50. The molecule has 2 heterocycles. The zero-order valence-corrected chi connectivity index (χ0v) is 10.5. The van der Waals surface area contributed by atoms with E-state index >= 15 is 0 Å². The van der Waals surface area contributed by atoms with Crippen molar-refractivity contribution in [2.45, 2.75) is 48.9 Å². The lowest BCUT2D eigenvalue weighted by Crippen LogP contribution is -2.51. The second kappa shape index (κ2) is 5.26. The summed E-state index contributed by atoms with van der Waals surface area (Å²) in [6.45, 7) is -0.133. The molecule has 6 N–H and O–H groups in total. The Kier molecular flexibility index (Phi) is 3.98. The van der Waals surface area contributed by atoms with E-state index in [-0.39, 0.29) is 13.0 Å². The molecule has 2 saturated heterocycles. The van der Waals surface area contributed by atoms with Crippen molar-refractivity contribution in [2.24, 2.45) is 5.73 Å². The topological polar surface area (TPSA) is 160 Å². The van der Waals surface area contributed by atoms with Gasteiger partial charge in [0.15, 0.2) is 5.60 Å². The largest absolute Gasteiger partial charge is 0.480 e. The highest BCUT2D eigenvalue weighted by molar-refractivity contribution is 5.80. The van der Waals surface area contributed by atoms with Crippen molar-refractivity contribution in [3.8, 4) is 0 Å². The quantitative estimate of drug-likeness (QED) is 0.378. The van der Waals surface area contributed by atoms with Crippen LogP contribution in [0.25, 0.3) is 0 Å². The molecule has 2 aliphatic rings. The third-order valence-corrected chi connectivity index (χ3v) is 3.73. The number of aliphatic carboxylic acids is 2. The van der Waals surface area contributed by atoms with Gasteiger partial charge in [0.2, 0.25) is 0 Å². The van der Waals surface area contributed by atoms with Gasteiger partial charge in [-0.05, 0) is 0 Å². The van der Waals surface area contributed by atoms with Gasteiger partial charge < -0.3 is 35.6 Å². The van der Waals surface area contributed by atoms with E-state index in [0.717, 1.165) is 0 Å². The first-order valence-electron chi connectivity index (χ1n) is 6.14. The molecule has 0 amide bonds. The lowest BCUT2D eigenvalue weighted by molar-refractivity contribution is -0.197. The molecule has 2 fully saturated rings. The van der Waals surface area contributed by atoms with Gasteiger partial charge >= 0.3 is 11.9 Å². The number of hydrogen-bond donors (Lipinski definition) is 5. The minimum Gasteiger partial charge on any atom is -0.480 e. The maximum atomic E-state index is 11.4. The average molecular weight is 291 g/mol. The number of rotatable bonds is 4. The Morgan fingerprint density at radius 1 is 1.35 bits per heavy atom. The Bertz CT molecular complexity index is 415. The molecule has 0 aliphatic carbocycles. The monoisotopic (exact) mass is 291 g/mol. The number of carbonyl (C=O) groups is 2. The zero-order valence-electron chi connectivity index (χ0n) is 10.5. The predicted octanol–water partition coefficient (Wildman–Crippen LogP) is -2.48. The Hall–Kier alpha value is -1.26. The molecule has 9 heteroatoms. The second-order valence-electron chi connectivity index (χ2n) is 5.16. The van der Waals surface area contributed by atoms with E-state index in [1.54, 1.807) is 0 Å². The Morgan fingerprint density at radius 2 is 2.00 bits per heavy atom. The SMILES string of the molecule is N[C@H](C[C@]1(C(=O)O)CC2OC[C@H](O)[C@H](O)C2O1)C(=O)O. The van der Waals surface area contributed by atoms with Crippen molar-refractivity contribution in [3.63, 3.8) is 0 Å². The number of aliphatic hydroxyl groups excluding tert-OH is 2. The summed E-state index contributed by atoms with van der Waals surface area (Å²) in [6.07, 6.45) is -4.76. The lowest BCUT2D eigenvalue weighted by atomic mass is 9.89. The fourth-order valence-corrected chi connectivity index (χ4v) is 2.61. The van der Waals surface area contributed by atoms with E-state index in [9.17, 15) is 24.9 Å². The average Bonchev–Trinajstić information content (AvgIpc) is 2.74. The van der Waals surface area contributed by atoms with Gasteiger partial charge in [-0.15, -0.1) is 0 Å². The molecule has 114 valence electrons. The normalized spacial score (nSPS) is 42.0. The fraction of sp³-hybridized carbons (Fsp3) is 0.818. The van der Waals surface area contributed by atoms with Gasteiger partial charge in [0.1, 0.15) is 24.4 Å². The van der Waals surface area contributed by atoms with Crippen LogP contribution in [0, 0.1) is 0 Å². The van der Waals surface area contributed by atoms with Crippen molar-refractivity contribution in [1.29, 1.82) is 0 Å². The summed E-state index contributed by atoms with van der Waals surface area (Å²) in [5.41, 5.74) is 3.54. The second-order valence-corrected chi connectivity index (χ2v) is 5.16. The molecular weight excluding hydrogens is 274 g/mol. The highest BCUT2D eigenvalue weighted by atomic mass is 16.6. The Morgan fingerprint density at radius 3 is 2.55 bits per heavy atom. The van der Waals surface area contributed by atoms with Crippen LogP contribution < -0.4 is 5.73 Å². The van der Waals surface area contributed by atoms with E-state index in [2.05, 4.69) is 0 Å².